The molecule has 34 heavy (non-hydrogen) atoms. The van der Waals surface area contributed by atoms with Crippen LogP contribution in [0.3, 0.4) is 0 Å². The summed E-state index contributed by atoms with van der Waals surface area (Å²) >= 11 is 6.06. The predicted octanol–water partition coefficient (Wildman–Crippen LogP) is 6.21. The summed E-state index contributed by atoms with van der Waals surface area (Å²) in [4.78, 5) is 34.6. The van der Waals surface area contributed by atoms with Gasteiger partial charge in [-0.2, -0.15) is 0 Å². The van der Waals surface area contributed by atoms with E-state index in [-0.39, 0.29) is 29.1 Å². The van der Waals surface area contributed by atoms with Crippen molar-refractivity contribution in [2.45, 2.75) is 82.8 Å². The first-order valence-corrected chi connectivity index (χ1v) is 13.1. The molecule has 5 nitrogen and oxygen atoms in total. The highest BCUT2D eigenvalue weighted by Gasteiger charge is 2.34. The van der Waals surface area contributed by atoms with Crippen LogP contribution in [0.1, 0.15) is 80.1 Å². The Morgan fingerprint density at radius 2 is 1.56 bits per heavy atom. The number of amides is 1. The molecule has 0 N–H and O–H groups in total. The van der Waals surface area contributed by atoms with E-state index in [2.05, 4.69) is 9.88 Å². The van der Waals surface area contributed by atoms with Gasteiger partial charge < -0.3 is 4.90 Å². The van der Waals surface area contributed by atoms with E-state index < -0.39 is 0 Å². The fraction of sp³-hybridized carbons (Fsp3) is 0.464. The van der Waals surface area contributed by atoms with Gasteiger partial charge in [-0.3, -0.25) is 14.2 Å². The Hall–Kier alpha value is -2.66. The van der Waals surface area contributed by atoms with Gasteiger partial charge >= 0.3 is 0 Å². The number of fused-ring (bicyclic) bond motifs is 1. The van der Waals surface area contributed by atoms with Gasteiger partial charge in [-0.1, -0.05) is 62.3 Å². The van der Waals surface area contributed by atoms with Crippen molar-refractivity contribution in [3.63, 3.8) is 0 Å². The van der Waals surface area contributed by atoms with E-state index in [9.17, 15) is 9.59 Å². The van der Waals surface area contributed by atoms with Gasteiger partial charge in [0.15, 0.2) is 0 Å². The Morgan fingerprint density at radius 1 is 0.941 bits per heavy atom. The molecule has 2 aromatic heterocycles. The zero-order chi connectivity index (χ0) is 23.5. The lowest BCUT2D eigenvalue weighted by Crippen LogP contribution is -2.50. The zero-order valence-corrected chi connectivity index (χ0v) is 20.3. The van der Waals surface area contributed by atoms with E-state index in [0.717, 1.165) is 62.3 Å². The molecule has 2 aliphatic carbocycles. The number of rotatable bonds is 5. The summed E-state index contributed by atoms with van der Waals surface area (Å²) in [7, 11) is 0. The molecule has 178 valence electrons. The van der Waals surface area contributed by atoms with Gasteiger partial charge in [-0.25, -0.2) is 4.98 Å². The Kier molecular flexibility index (Phi) is 7.00. The van der Waals surface area contributed by atoms with Gasteiger partial charge in [0.25, 0.3) is 11.5 Å². The van der Waals surface area contributed by atoms with Crippen molar-refractivity contribution in [2.24, 2.45) is 0 Å². The highest BCUT2D eigenvalue weighted by atomic mass is 35.5. The first-order valence-electron chi connectivity index (χ1n) is 12.7. The van der Waals surface area contributed by atoms with Gasteiger partial charge in [0, 0.05) is 28.7 Å². The first kappa shape index (κ1) is 23.1. The van der Waals surface area contributed by atoms with Gasteiger partial charge in [-0.05, 0) is 61.6 Å². The summed E-state index contributed by atoms with van der Waals surface area (Å²) in [6.45, 7) is 0.345. The third-order valence-corrected chi connectivity index (χ3v) is 7.75. The number of carbonyl (C=O) groups excluding carboxylic acids is 1. The quantitative estimate of drug-likeness (QED) is 0.439. The number of hydrogen-bond donors (Lipinski definition) is 0. The van der Waals surface area contributed by atoms with Crippen molar-refractivity contribution in [3.8, 4) is 0 Å². The topological polar surface area (TPSA) is 55.2 Å². The van der Waals surface area contributed by atoms with E-state index >= 15 is 0 Å². The molecule has 0 bridgehead atoms. The van der Waals surface area contributed by atoms with Gasteiger partial charge in [0.05, 0.1) is 6.54 Å². The maximum absolute atomic E-state index is 14.1. The molecule has 0 aliphatic heterocycles. The highest BCUT2D eigenvalue weighted by molar-refractivity contribution is 6.30. The van der Waals surface area contributed by atoms with E-state index in [1.807, 2.05) is 36.4 Å². The monoisotopic (exact) mass is 477 g/mol. The van der Waals surface area contributed by atoms with E-state index in [0.29, 0.717) is 17.2 Å². The number of aromatic nitrogens is 2. The molecule has 2 saturated carbocycles. The van der Waals surface area contributed by atoms with Crippen LogP contribution in [0.5, 0.6) is 0 Å². The molecule has 2 aliphatic rings. The second kappa shape index (κ2) is 10.3. The second-order valence-electron chi connectivity index (χ2n) is 9.79. The maximum atomic E-state index is 14.1. The average molecular weight is 478 g/mol. The van der Waals surface area contributed by atoms with Crippen molar-refractivity contribution in [1.82, 2.24) is 14.5 Å². The van der Waals surface area contributed by atoms with Gasteiger partial charge in [-0.15, -0.1) is 0 Å². The van der Waals surface area contributed by atoms with Gasteiger partial charge in [0.2, 0.25) is 0 Å². The minimum absolute atomic E-state index is 0.0978. The lowest BCUT2D eigenvalue weighted by molar-refractivity contribution is 0.0446. The van der Waals surface area contributed by atoms with E-state index in [4.69, 9.17) is 11.6 Å². The number of carbonyl (C=O) groups is 1. The molecule has 6 heteroatoms. The normalized spacial score (nSPS) is 17.7. The molecule has 3 aromatic rings. The van der Waals surface area contributed by atoms with Crippen molar-refractivity contribution in [2.75, 3.05) is 0 Å². The van der Waals surface area contributed by atoms with Crippen molar-refractivity contribution >= 4 is 28.5 Å². The van der Waals surface area contributed by atoms with Crippen LogP contribution in [-0.4, -0.2) is 32.4 Å². The third kappa shape index (κ3) is 4.76. The number of halogens is 1. The van der Waals surface area contributed by atoms with Crippen molar-refractivity contribution in [1.29, 1.82) is 0 Å². The Morgan fingerprint density at radius 3 is 2.18 bits per heavy atom. The SMILES string of the molecule is O=C(c1cc2cccnc2n(Cc2ccc(Cl)cc2)c1=O)N(C1CCCCC1)C1CCCCC1. The third-order valence-electron chi connectivity index (χ3n) is 7.50. The van der Waals surface area contributed by atoms with Crippen LogP contribution >= 0.6 is 11.6 Å². The standard InChI is InChI=1S/C28H32ClN3O2/c29-22-15-13-20(14-16-22)19-31-26-21(8-7-17-30-26)18-25(27(31)33)28(34)32(23-9-3-1-4-10-23)24-11-5-2-6-12-24/h7-8,13-18,23-24H,1-6,9-12,19H2. The molecule has 2 fully saturated rings. The summed E-state index contributed by atoms with van der Waals surface area (Å²) in [5.41, 5.74) is 1.55. The fourth-order valence-corrected chi connectivity index (χ4v) is 5.89. The summed E-state index contributed by atoms with van der Waals surface area (Å²) in [5, 5.41) is 1.46. The highest BCUT2D eigenvalue weighted by Crippen LogP contribution is 2.31. The molecule has 0 radical (unpaired) electrons. The maximum Gasteiger partial charge on any atom is 0.265 e. The Balaban J connectivity index is 1.58. The molecule has 5 rings (SSSR count). The molecular weight excluding hydrogens is 446 g/mol. The molecule has 0 atom stereocenters. The first-order chi connectivity index (χ1) is 16.6. The zero-order valence-electron chi connectivity index (χ0n) is 19.6. The largest absolute Gasteiger partial charge is 0.333 e. The molecule has 0 unspecified atom stereocenters. The lowest BCUT2D eigenvalue weighted by Gasteiger charge is -2.41. The summed E-state index contributed by atoms with van der Waals surface area (Å²) in [6.07, 6.45) is 12.9. The molecule has 1 amide bonds. The second-order valence-corrected chi connectivity index (χ2v) is 10.2. The molecule has 0 saturated heterocycles. The summed E-state index contributed by atoms with van der Waals surface area (Å²) < 4.78 is 1.64. The minimum Gasteiger partial charge on any atom is -0.333 e. The van der Waals surface area contributed by atoms with Gasteiger partial charge in [0.1, 0.15) is 11.2 Å². The number of nitrogens with zero attached hydrogens (tertiary/aromatic N) is 3. The predicted molar refractivity (Wildman–Crippen MR) is 136 cm³/mol. The number of pyridine rings is 2. The molecular formula is C28H32ClN3O2. The Labute approximate surface area is 205 Å². The van der Waals surface area contributed by atoms with Crippen LogP contribution < -0.4 is 5.56 Å². The fourth-order valence-electron chi connectivity index (χ4n) is 5.77. The minimum atomic E-state index is -0.261. The summed E-state index contributed by atoms with van der Waals surface area (Å²) in [5.74, 6) is -0.0978. The van der Waals surface area contributed by atoms with Crippen LogP contribution in [0.2, 0.25) is 5.02 Å². The van der Waals surface area contributed by atoms with Crippen LogP contribution in [0.25, 0.3) is 11.0 Å². The van der Waals surface area contributed by atoms with E-state index in [1.54, 1.807) is 16.8 Å². The van der Waals surface area contributed by atoms with Crippen molar-refractivity contribution < 1.29 is 4.79 Å². The Bertz CT molecular complexity index is 1190. The molecule has 2 heterocycles. The lowest BCUT2D eigenvalue weighted by atomic mass is 9.88. The molecule has 0 spiro atoms. The van der Waals surface area contributed by atoms with Crippen LogP contribution in [0.15, 0.2) is 53.5 Å². The van der Waals surface area contributed by atoms with Crippen molar-refractivity contribution in [3.05, 3.63) is 75.2 Å². The van der Waals surface area contributed by atoms with Crippen LogP contribution in [0.4, 0.5) is 0 Å². The average Bonchev–Trinajstić information content (AvgIpc) is 2.88. The van der Waals surface area contributed by atoms with Crippen LogP contribution in [0, 0.1) is 0 Å². The smallest absolute Gasteiger partial charge is 0.265 e. The van der Waals surface area contributed by atoms with E-state index in [1.165, 1.54) is 12.8 Å². The number of hydrogen-bond acceptors (Lipinski definition) is 3. The van der Waals surface area contributed by atoms with Crippen LogP contribution in [-0.2, 0) is 6.54 Å². The number of benzene rings is 1. The summed E-state index contributed by atoms with van der Waals surface area (Å²) in [6, 6.07) is 13.5. The molecule has 1 aromatic carbocycles.